The summed E-state index contributed by atoms with van der Waals surface area (Å²) in [6.07, 6.45) is 1.60. The Morgan fingerprint density at radius 1 is 1.65 bits per heavy atom. The Morgan fingerprint density at radius 2 is 2.41 bits per heavy atom. The molecule has 0 aliphatic carbocycles. The molecule has 1 saturated heterocycles. The Hall–Kier alpha value is -0.460. The predicted molar refractivity (Wildman–Crippen MR) is 70.2 cm³/mol. The third kappa shape index (κ3) is 3.26. The molecule has 1 aliphatic rings. The molecule has 17 heavy (non-hydrogen) atoms. The van der Waals surface area contributed by atoms with Crippen LogP contribution >= 0.6 is 11.3 Å². The second-order valence-electron chi connectivity index (χ2n) is 4.62. The van der Waals surface area contributed by atoms with Crippen molar-refractivity contribution in [1.29, 1.82) is 0 Å². The first-order valence-corrected chi connectivity index (χ1v) is 8.49. The van der Waals surface area contributed by atoms with Gasteiger partial charge in [0.05, 0.1) is 22.2 Å². The van der Waals surface area contributed by atoms with Crippen molar-refractivity contribution in [2.75, 3.05) is 18.6 Å². The molecule has 2 unspecified atom stereocenters. The highest BCUT2D eigenvalue weighted by Gasteiger charge is 2.33. The molecular weight excluding hydrogens is 256 g/mol. The average Bonchev–Trinajstić information content (AvgIpc) is 2.81. The van der Waals surface area contributed by atoms with E-state index < -0.39 is 9.84 Å². The molecule has 6 heteroatoms. The maximum absolute atomic E-state index is 11.5. The van der Waals surface area contributed by atoms with Crippen LogP contribution in [0.3, 0.4) is 0 Å². The van der Waals surface area contributed by atoms with Gasteiger partial charge >= 0.3 is 0 Å². The van der Waals surface area contributed by atoms with Crippen LogP contribution in [0.4, 0.5) is 0 Å². The van der Waals surface area contributed by atoms with Crippen molar-refractivity contribution < 1.29 is 8.42 Å². The number of hydrogen-bond acceptors (Lipinski definition) is 5. The van der Waals surface area contributed by atoms with E-state index in [-0.39, 0.29) is 12.0 Å². The van der Waals surface area contributed by atoms with Crippen molar-refractivity contribution in [3.63, 3.8) is 0 Å². The minimum absolute atomic E-state index is 0.216. The fourth-order valence-electron chi connectivity index (χ4n) is 2.37. The van der Waals surface area contributed by atoms with E-state index in [9.17, 15) is 8.42 Å². The zero-order chi connectivity index (χ0) is 12.5. The van der Waals surface area contributed by atoms with Crippen molar-refractivity contribution in [2.45, 2.75) is 25.8 Å². The molecule has 2 rings (SSSR count). The van der Waals surface area contributed by atoms with Gasteiger partial charge in [0.2, 0.25) is 0 Å². The summed E-state index contributed by atoms with van der Waals surface area (Å²) in [6, 6.07) is 0.216. The predicted octanol–water partition coefficient (Wildman–Crippen LogP) is 1.02. The second-order valence-corrected chi connectivity index (χ2v) is 7.91. The zero-order valence-corrected chi connectivity index (χ0v) is 11.8. The highest BCUT2D eigenvalue weighted by molar-refractivity contribution is 7.91. The zero-order valence-electron chi connectivity index (χ0n) is 10.1. The lowest BCUT2D eigenvalue weighted by Gasteiger charge is -2.20. The van der Waals surface area contributed by atoms with Gasteiger partial charge < -0.3 is 5.32 Å². The van der Waals surface area contributed by atoms with Crippen molar-refractivity contribution in [3.8, 4) is 0 Å². The number of hydrogen-bond donors (Lipinski definition) is 1. The molecule has 1 N–H and O–H groups in total. The number of aryl methyl sites for hydroxylation is 1. The number of aromatic nitrogens is 1. The van der Waals surface area contributed by atoms with Crippen LogP contribution in [0.25, 0.3) is 0 Å². The highest BCUT2D eigenvalue weighted by Crippen LogP contribution is 2.24. The number of nitrogens with one attached hydrogen (secondary N) is 1. The summed E-state index contributed by atoms with van der Waals surface area (Å²) in [4.78, 5) is 4.44. The van der Waals surface area contributed by atoms with Crippen LogP contribution in [0.5, 0.6) is 0 Å². The van der Waals surface area contributed by atoms with Crippen molar-refractivity contribution in [1.82, 2.24) is 10.3 Å². The minimum Gasteiger partial charge on any atom is -0.316 e. The van der Waals surface area contributed by atoms with Crippen LogP contribution in [0, 0.1) is 12.8 Å². The van der Waals surface area contributed by atoms with Gasteiger partial charge in [-0.3, -0.25) is 0 Å². The summed E-state index contributed by atoms with van der Waals surface area (Å²) in [5.41, 5.74) is 1.07. The number of likely N-dealkylation sites (N-methyl/N-ethyl adjacent to an activating group) is 1. The van der Waals surface area contributed by atoms with E-state index >= 15 is 0 Å². The lowest BCUT2D eigenvalue weighted by atomic mass is 9.95. The van der Waals surface area contributed by atoms with Gasteiger partial charge in [-0.2, -0.15) is 0 Å². The van der Waals surface area contributed by atoms with E-state index in [0.717, 1.165) is 23.5 Å². The largest absolute Gasteiger partial charge is 0.316 e. The van der Waals surface area contributed by atoms with Crippen LogP contribution in [0.15, 0.2) is 5.38 Å². The van der Waals surface area contributed by atoms with Gasteiger partial charge in [0.25, 0.3) is 0 Å². The first-order chi connectivity index (χ1) is 8.00. The highest BCUT2D eigenvalue weighted by atomic mass is 32.2. The first-order valence-electron chi connectivity index (χ1n) is 5.79. The summed E-state index contributed by atoms with van der Waals surface area (Å²) in [6.45, 7) is 1.99. The molecule has 2 heterocycles. The van der Waals surface area contributed by atoms with Crippen LogP contribution in [-0.2, 0) is 16.3 Å². The normalized spacial score (nSPS) is 24.9. The van der Waals surface area contributed by atoms with Crippen molar-refractivity contribution in [2.24, 2.45) is 5.92 Å². The van der Waals surface area contributed by atoms with E-state index in [1.165, 1.54) is 0 Å². The smallest absolute Gasteiger partial charge is 0.150 e. The number of rotatable bonds is 4. The standard InChI is InChI=1S/C11H18N2O2S2/c1-8-13-10(6-16-8)5-11(12-2)9-3-4-17(14,15)7-9/h6,9,11-12H,3-5,7H2,1-2H3. The topological polar surface area (TPSA) is 59.1 Å². The molecule has 0 spiro atoms. The molecule has 0 amide bonds. The van der Waals surface area contributed by atoms with Crippen LogP contribution in [0.2, 0.25) is 0 Å². The third-order valence-corrected chi connectivity index (χ3v) is 5.92. The molecule has 0 saturated carbocycles. The van der Waals surface area contributed by atoms with Crippen LogP contribution in [-0.4, -0.2) is 38.0 Å². The maximum Gasteiger partial charge on any atom is 0.150 e. The Balaban J connectivity index is 2.02. The molecular formula is C11H18N2O2S2. The van der Waals surface area contributed by atoms with Gasteiger partial charge in [0.1, 0.15) is 0 Å². The summed E-state index contributed by atoms with van der Waals surface area (Å²) < 4.78 is 23.0. The SMILES string of the molecule is CNC(Cc1csc(C)n1)C1CCS(=O)(=O)C1. The Bertz CT molecular complexity index is 481. The second kappa shape index (κ2) is 5.04. The minimum atomic E-state index is -2.80. The van der Waals surface area contributed by atoms with Gasteiger partial charge in [0.15, 0.2) is 9.84 Å². The molecule has 1 aromatic rings. The Labute approximate surface area is 106 Å². The monoisotopic (exact) mass is 274 g/mol. The molecule has 1 aromatic heterocycles. The lowest BCUT2D eigenvalue weighted by molar-refractivity contribution is 0.400. The van der Waals surface area contributed by atoms with E-state index in [0.29, 0.717) is 11.5 Å². The molecule has 4 nitrogen and oxygen atoms in total. The van der Waals surface area contributed by atoms with Crippen LogP contribution in [0.1, 0.15) is 17.1 Å². The third-order valence-electron chi connectivity index (χ3n) is 3.30. The van der Waals surface area contributed by atoms with Crippen molar-refractivity contribution in [3.05, 3.63) is 16.1 Å². The summed E-state index contributed by atoms with van der Waals surface area (Å²) >= 11 is 1.64. The summed E-state index contributed by atoms with van der Waals surface area (Å²) in [7, 11) is -0.898. The molecule has 0 aromatic carbocycles. The average molecular weight is 274 g/mol. The number of sulfone groups is 1. The molecule has 1 fully saturated rings. The Morgan fingerprint density at radius 3 is 2.88 bits per heavy atom. The molecule has 0 bridgehead atoms. The molecule has 0 radical (unpaired) electrons. The lowest BCUT2D eigenvalue weighted by Crippen LogP contribution is -2.36. The molecule has 96 valence electrons. The molecule has 2 atom stereocenters. The quantitative estimate of drug-likeness (QED) is 0.890. The van der Waals surface area contributed by atoms with Gasteiger partial charge in [0, 0.05) is 17.8 Å². The fraction of sp³-hybridized carbons (Fsp3) is 0.727. The van der Waals surface area contributed by atoms with E-state index in [1.807, 2.05) is 14.0 Å². The number of nitrogens with zero attached hydrogens (tertiary/aromatic N) is 1. The van der Waals surface area contributed by atoms with Crippen molar-refractivity contribution >= 4 is 21.2 Å². The van der Waals surface area contributed by atoms with Gasteiger partial charge in [-0.05, 0) is 26.3 Å². The Kier molecular flexibility index (Phi) is 3.85. The summed E-state index contributed by atoms with van der Waals surface area (Å²) in [5, 5.41) is 6.36. The van der Waals surface area contributed by atoms with E-state index in [4.69, 9.17) is 0 Å². The molecule has 1 aliphatic heterocycles. The maximum atomic E-state index is 11.5. The number of thiazole rings is 1. The van der Waals surface area contributed by atoms with Gasteiger partial charge in [-0.1, -0.05) is 0 Å². The first kappa shape index (κ1) is 13.0. The van der Waals surface area contributed by atoms with E-state index in [2.05, 4.69) is 15.7 Å². The van der Waals surface area contributed by atoms with Gasteiger partial charge in [-0.25, -0.2) is 13.4 Å². The van der Waals surface area contributed by atoms with E-state index in [1.54, 1.807) is 11.3 Å². The fourth-order valence-corrected chi connectivity index (χ4v) is 4.88. The van der Waals surface area contributed by atoms with Gasteiger partial charge in [-0.15, -0.1) is 11.3 Å². The summed E-state index contributed by atoms with van der Waals surface area (Å²) in [5.74, 6) is 0.889. The van der Waals surface area contributed by atoms with Crippen LogP contribution < -0.4 is 5.32 Å².